The van der Waals surface area contributed by atoms with Gasteiger partial charge in [0.2, 0.25) is 11.8 Å². The zero-order chi connectivity index (χ0) is 27.9. The molecule has 2 aliphatic rings. The van der Waals surface area contributed by atoms with Gasteiger partial charge in [0, 0.05) is 63.6 Å². The molecule has 2 unspecified atom stereocenters. The highest BCUT2D eigenvalue weighted by Gasteiger charge is 2.35. The highest BCUT2D eigenvalue weighted by atomic mass is 19.1. The number of halogens is 3. The molecule has 2 N–H and O–H groups in total. The van der Waals surface area contributed by atoms with E-state index in [1.165, 1.54) is 32.3 Å². The molecule has 0 spiro atoms. The van der Waals surface area contributed by atoms with Gasteiger partial charge < -0.3 is 25.0 Å². The third-order valence-corrected chi connectivity index (χ3v) is 7.44. The Labute approximate surface area is 224 Å². The van der Waals surface area contributed by atoms with Gasteiger partial charge in [0.15, 0.2) is 5.67 Å². The van der Waals surface area contributed by atoms with E-state index >= 15 is 0 Å². The molecule has 10 nitrogen and oxygen atoms in total. The van der Waals surface area contributed by atoms with Gasteiger partial charge >= 0.3 is 6.01 Å². The number of alkyl halides is 1. The summed E-state index contributed by atoms with van der Waals surface area (Å²) in [5.41, 5.74) is 5.13. The van der Waals surface area contributed by atoms with Crippen molar-refractivity contribution in [1.82, 2.24) is 25.0 Å². The van der Waals surface area contributed by atoms with Crippen LogP contribution in [0.15, 0.2) is 35.1 Å². The SMILES string of the molecule is CN(C(=O)c1cnc(N2CC(N)C(c3cc(F)ccc3F)C2)nc1)C1CCN(c2nc(C(C)(C)F)no2)CC1. The van der Waals surface area contributed by atoms with E-state index in [4.69, 9.17) is 10.3 Å². The monoisotopic (exact) mass is 544 g/mol. The predicted molar refractivity (Wildman–Crippen MR) is 137 cm³/mol. The van der Waals surface area contributed by atoms with Crippen LogP contribution in [0, 0.1) is 11.6 Å². The second-order valence-corrected chi connectivity index (χ2v) is 10.6. The number of hydrogen-bond acceptors (Lipinski definition) is 9. The first-order valence-electron chi connectivity index (χ1n) is 12.8. The van der Waals surface area contributed by atoms with Gasteiger partial charge in [-0.3, -0.25) is 4.79 Å². The van der Waals surface area contributed by atoms with Crippen molar-refractivity contribution >= 4 is 17.9 Å². The molecule has 208 valence electrons. The molecule has 1 amide bonds. The summed E-state index contributed by atoms with van der Waals surface area (Å²) in [4.78, 5) is 31.4. The van der Waals surface area contributed by atoms with E-state index in [0.717, 1.165) is 12.1 Å². The number of rotatable bonds is 6. The number of benzene rings is 1. The summed E-state index contributed by atoms with van der Waals surface area (Å²) in [5, 5.41) is 3.73. The molecule has 2 aliphatic heterocycles. The van der Waals surface area contributed by atoms with Crippen LogP contribution in [0.25, 0.3) is 0 Å². The lowest BCUT2D eigenvalue weighted by atomic mass is 9.94. The van der Waals surface area contributed by atoms with Gasteiger partial charge in [0.25, 0.3) is 5.91 Å². The maximum atomic E-state index is 14.3. The summed E-state index contributed by atoms with van der Waals surface area (Å²) in [6, 6.07) is 3.18. The molecule has 3 aromatic rings. The van der Waals surface area contributed by atoms with Crippen molar-refractivity contribution in [3.05, 3.63) is 59.2 Å². The molecule has 0 saturated carbocycles. The van der Waals surface area contributed by atoms with Crippen LogP contribution in [-0.2, 0) is 5.67 Å². The summed E-state index contributed by atoms with van der Waals surface area (Å²) >= 11 is 0. The lowest BCUT2D eigenvalue weighted by molar-refractivity contribution is 0.0707. The van der Waals surface area contributed by atoms with Crippen molar-refractivity contribution in [3.8, 4) is 0 Å². The van der Waals surface area contributed by atoms with Crippen LogP contribution in [0.4, 0.5) is 25.1 Å². The van der Waals surface area contributed by atoms with Crippen LogP contribution in [-0.4, -0.2) is 76.2 Å². The molecular weight excluding hydrogens is 513 g/mol. The minimum atomic E-state index is -1.69. The number of aromatic nitrogens is 4. The maximum absolute atomic E-state index is 14.3. The van der Waals surface area contributed by atoms with Gasteiger partial charge in [-0.25, -0.2) is 23.1 Å². The van der Waals surface area contributed by atoms with Crippen molar-refractivity contribution in [2.24, 2.45) is 5.73 Å². The first-order chi connectivity index (χ1) is 18.5. The van der Waals surface area contributed by atoms with Gasteiger partial charge in [0.1, 0.15) is 11.6 Å². The topological polar surface area (TPSA) is 118 Å². The molecule has 2 atom stereocenters. The lowest BCUT2D eigenvalue weighted by Crippen LogP contribution is -2.45. The summed E-state index contributed by atoms with van der Waals surface area (Å²) in [5.74, 6) is -1.27. The molecule has 4 heterocycles. The second-order valence-electron chi connectivity index (χ2n) is 10.6. The lowest BCUT2D eigenvalue weighted by Gasteiger charge is -2.35. The Morgan fingerprint density at radius 3 is 2.46 bits per heavy atom. The standard InChI is InChI=1S/C26H31F3N8O2/c1-26(2,29)23-33-25(39-34-23)36-8-6-17(7-9-36)35(3)22(38)15-11-31-24(32-12-15)37-13-19(21(30)14-37)18-10-16(27)4-5-20(18)28/h4-5,10-12,17,19,21H,6-9,13-14,30H2,1-3H3. The molecule has 0 aliphatic carbocycles. The zero-order valence-electron chi connectivity index (χ0n) is 22.0. The molecule has 2 fully saturated rings. The maximum Gasteiger partial charge on any atom is 0.324 e. The first-order valence-corrected chi connectivity index (χ1v) is 12.8. The van der Waals surface area contributed by atoms with Crippen LogP contribution in [0.2, 0.25) is 0 Å². The van der Waals surface area contributed by atoms with Crippen molar-refractivity contribution in [2.45, 2.75) is 50.4 Å². The third kappa shape index (κ3) is 5.54. The average molecular weight is 545 g/mol. The largest absolute Gasteiger partial charge is 0.339 e. The smallest absolute Gasteiger partial charge is 0.324 e. The summed E-state index contributed by atoms with van der Waals surface area (Å²) in [7, 11) is 1.74. The van der Waals surface area contributed by atoms with Crippen LogP contribution in [0.1, 0.15) is 54.4 Å². The molecule has 5 rings (SSSR count). The van der Waals surface area contributed by atoms with Gasteiger partial charge in [-0.2, -0.15) is 4.98 Å². The summed E-state index contributed by atoms with van der Waals surface area (Å²) in [6.07, 6.45) is 4.27. The number of nitrogens with zero attached hydrogens (tertiary/aromatic N) is 7. The minimum absolute atomic E-state index is 0.00271. The van der Waals surface area contributed by atoms with Gasteiger partial charge in [0.05, 0.1) is 5.56 Å². The van der Waals surface area contributed by atoms with E-state index in [2.05, 4.69) is 20.1 Å². The predicted octanol–water partition coefficient (Wildman–Crippen LogP) is 3.01. The van der Waals surface area contributed by atoms with Crippen LogP contribution in [0.5, 0.6) is 0 Å². The van der Waals surface area contributed by atoms with Crippen molar-refractivity contribution in [3.63, 3.8) is 0 Å². The van der Waals surface area contributed by atoms with Crippen molar-refractivity contribution in [2.75, 3.05) is 43.0 Å². The molecule has 2 aromatic heterocycles. The van der Waals surface area contributed by atoms with E-state index < -0.39 is 29.3 Å². The molecule has 0 radical (unpaired) electrons. The van der Waals surface area contributed by atoms with E-state index in [0.29, 0.717) is 50.5 Å². The third-order valence-electron chi connectivity index (χ3n) is 7.44. The first kappa shape index (κ1) is 26.9. The van der Waals surface area contributed by atoms with Gasteiger partial charge in [-0.15, -0.1) is 0 Å². The summed E-state index contributed by atoms with van der Waals surface area (Å²) < 4.78 is 47.3. The van der Waals surface area contributed by atoms with Gasteiger partial charge in [-0.1, -0.05) is 5.16 Å². The Morgan fingerprint density at radius 2 is 1.82 bits per heavy atom. The normalized spacial score (nSPS) is 20.5. The van der Waals surface area contributed by atoms with E-state index in [9.17, 15) is 18.0 Å². The molecule has 13 heteroatoms. The Hall–Kier alpha value is -3.74. The Balaban J connectivity index is 1.18. The van der Waals surface area contributed by atoms with Crippen molar-refractivity contribution in [1.29, 1.82) is 0 Å². The fraction of sp³-hybridized carbons (Fsp3) is 0.500. The van der Waals surface area contributed by atoms with Crippen LogP contribution >= 0.6 is 0 Å². The number of piperidine rings is 1. The second kappa shape index (κ2) is 10.4. The van der Waals surface area contributed by atoms with Crippen molar-refractivity contribution < 1.29 is 22.5 Å². The molecule has 2 saturated heterocycles. The van der Waals surface area contributed by atoms with Crippen LogP contribution < -0.4 is 15.5 Å². The Kier molecular flexibility index (Phi) is 7.19. The fourth-order valence-electron chi connectivity index (χ4n) is 5.11. The molecule has 0 bridgehead atoms. The van der Waals surface area contributed by atoms with E-state index in [1.54, 1.807) is 16.8 Å². The fourth-order valence-corrected chi connectivity index (χ4v) is 5.11. The molecule has 39 heavy (non-hydrogen) atoms. The average Bonchev–Trinajstić information content (AvgIpc) is 3.57. The number of nitrogens with two attached hydrogens (primary N) is 1. The molecule has 1 aromatic carbocycles. The Bertz CT molecular complexity index is 1320. The van der Waals surface area contributed by atoms with Crippen LogP contribution in [0.3, 0.4) is 0 Å². The number of carbonyl (C=O) groups excluding carboxylic acids is 1. The highest BCUT2D eigenvalue weighted by molar-refractivity contribution is 5.93. The Morgan fingerprint density at radius 1 is 1.13 bits per heavy atom. The number of amides is 1. The minimum Gasteiger partial charge on any atom is -0.339 e. The zero-order valence-corrected chi connectivity index (χ0v) is 22.0. The summed E-state index contributed by atoms with van der Waals surface area (Å²) in [6.45, 7) is 4.60. The number of carbonyl (C=O) groups is 1. The number of hydrogen-bond donors (Lipinski definition) is 1. The quantitative estimate of drug-likeness (QED) is 0.500. The van der Waals surface area contributed by atoms with Gasteiger partial charge in [-0.05, 0) is 50.5 Å². The van der Waals surface area contributed by atoms with E-state index in [1.807, 2.05) is 4.90 Å². The highest BCUT2D eigenvalue weighted by Crippen LogP contribution is 2.31. The number of anilines is 2. The molecular formula is C26H31F3N8O2. The van der Waals surface area contributed by atoms with E-state index in [-0.39, 0.29) is 29.4 Å².